The number of morpholine rings is 1. The number of halogens is 4. The highest BCUT2D eigenvalue weighted by molar-refractivity contribution is 6.04. The SMILES string of the molecule is Cc1[nH]nc(C(=O)Nc2cc(F)cc(N3CCOCC3)c2)c1C(F)(F)F. The molecule has 1 aliphatic heterocycles. The van der Waals surface area contributed by atoms with Crippen molar-refractivity contribution < 1.29 is 27.1 Å². The summed E-state index contributed by atoms with van der Waals surface area (Å²) in [6.07, 6.45) is -4.73. The highest BCUT2D eigenvalue weighted by Gasteiger charge is 2.39. The lowest BCUT2D eigenvalue weighted by molar-refractivity contribution is -0.138. The third kappa shape index (κ3) is 3.79. The monoisotopic (exact) mass is 372 g/mol. The van der Waals surface area contributed by atoms with E-state index in [1.165, 1.54) is 19.1 Å². The molecule has 1 saturated heterocycles. The van der Waals surface area contributed by atoms with E-state index in [1.54, 1.807) is 0 Å². The second-order valence-corrected chi connectivity index (χ2v) is 5.82. The summed E-state index contributed by atoms with van der Waals surface area (Å²) in [5, 5.41) is 7.88. The average molecular weight is 372 g/mol. The molecular formula is C16H16F4N4O2. The van der Waals surface area contributed by atoms with E-state index in [0.717, 1.165) is 6.07 Å². The Hall–Kier alpha value is -2.62. The number of alkyl halides is 3. The first-order valence-electron chi connectivity index (χ1n) is 7.82. The van der Waals surface area contributed by atoms with Gasteiger partial charge in [-0.3, -0.25) is 9.89 Å². The number of carbonyl (C=O) groups excluding carboxylic acids is 1. The van der Waals surface area contributed by atoms with Crippen molar-refractivity contribution in [2.24, 2.45) is 0 Å². The van der Waals surface area contributed by atoms with Crippen LogP contribution in [0.1, 0.15) is 21.7 Å². The molecule has 1 aromatic heterocycles. The molecule has 0 bridgehead atoms. The van der Waals surface area contributed by atoms with Gasteiger partial charge in [0.15, 0.2) is 5.69 Å². The topological polar surface area (TPSA) is 70.2 Å². The molecule has 1 amide bonds. The Morgan fingerprint density at radius 1 is 1.27 bits per heavy atom. The number of aromatic nitrogens is 2. The van der Waals surface area contributed by atoms with E-state index in [-0.39, 0.29) is 11.4 Å². The second-order valence-electron chi connectivity index (χ2n) is 5.82. The zero-order valence-electron chi connectivity index (χ0n) is 13.8. The maximum atomic E-state index is 13.9. The normalized spacial score (nSPS) is 15.2. The highest BCUT2D eigenvalue weighted by atomic mass is 19.4. The summed E-state index contributed by atoms with van der Waals surface area (Å²) in [6, 6.07) is 3.83. The summed E-state index contributed by atoms with van der Waals surface area (Å²) < 4.78 is 58.4. The quantitative estimate of drug-likeness (QED) is 0.813. The van der Waals surface area contributed by atoms with Crippen molar-refractivity contribution in [2.75, 3.05) is 36.5 Å². The summed E-state index contributed by atoms with van der Waals surface area (Å²) >= 11 is 0. The van der Waals surface area contributed by atoms with Crippen LogP contribution in [-0.2, 0) is 10.9 Å². The summed E-state index contributed by atoms with van der Waals surface area (Å²) in [4.78, 5) is 14.1. The fraction of sp³-hybridized carbons (Fsp3) is 0.375. The molecule has 26 heavy (non-hydrogen) atoms. The van der Waals surface area contributed by atoms with Gasteiger partial charge in [-0.2, -0.15) is 18.3 Å². The van der Waals surface area contributed by atoms with Crippen LogP contribution in [0.25, 0.3) is 0 Å². The zero-order valence-corrected chi connectivity index (χ0v) is 13.8. The van der Waals surface area contributed by atoms with Gasteiger partial charge >= 0.3 is 6.18 Å². The predicted octanol–water partition coefficient (Wildman–Crippen LogP) is 2.96. The first-order valence-corrected chi connectivity index (χ1v) is 7.82. The van der Waals surface area contributed by atoms with E-state index in [1.807, 2.05) is 4.90 Å². The highest BCUT2D eigenvalue weighted by Crippen LogP contribution is 2.34. The second kappa shape index (κ2) is 6.94. The molecule has 0 saturated carbocycles. The van der Waals surface area contributed by atoms with Crippen LogP contribution in [0.2, 0.25) is 0 Å². The maximum absolute atomic E-state index is 13.9. The van der Waals surface area contributed by atoms with E-state index in [0.29, 0.717) is 32.0 Å². The molecule has 0 atom stereocenters. The predicted molar refractivity (Wildman–Crippen MR) is 85.7 cm³/mol. The van der Waals surface area contributed by atoms with Gasteiger partial charge in [0.1, 0.15) is 11.4 Å². The number of amides is 1. The number of carbonyl (C=O) groups is 1. The molecule has 2 N–H and O–H groups in total. The molecule has 0 aliphatic carbocycles. The van der Waals surface area contributed by atoms with E-state index < -0.39 is 29.2 Å². The molecule has 0 radical (unpaired) electrons. The maximum Gasteiger partial charge on any atom is 0.420 e. The fourth-order valence-corrected chi connectivity index (χ4v) is 2.78. The van der Waals surface area contributed by atoms with Crippen molar-refractivity contribution in [1.29, 1.82) is 0 Å². The molecular weight excluding hydrogens is 356 g/mol. The minimum absolute atomic E-state index is 0.0465. The summed E-state index contributed by atoms with van der Waals surface area (Å²) in [7, 11) is 0. The minimum Gasteiger partial charge on any atom is -0.378 e. The molecule has 0 unspecified atom stereocenters. The number of aromatic amines is 1. The largest absolute Gasteiger partial charge is 0.420 e. The number of anilines is 2. The lowest BCUT2D eigenvalue weighted by Gasteiger charge is -2.29. The van der Waals surface area contributed by atoms with Crippen LogP contribution in [0, 0.1) is 12.7 Å². The number of ether oxygens (including phenoxy) is 1. The van der Waals surface area contributed by atoms with Crippen molar-refractivity contribution in [3.63, 3.8) is 0 Å². The Morgan fingerprint density at radius 2 is 1.96 bits per heavy atom. The smallest absolute Gasteiger partial charge is 0.378 e. The van der Waals surface area contributed by atoms with Crippen LogP contribution in [0.3, 0.4) is 0 Å². The van der Waals surface area contributed by atoms with Crippen LogP contribution in [0.15, 0.2) is 18.2 Å². The molecule has 3 rings (SSSR count). The number of hydrogen-bond acceptors (Lipinski definition) is 4. The first kappa shape index (κ1) is 18.2. The van der Waals surface area contributed by atoms with E-state index in [4.69, 9.17) is 4.74 Å². The van der Waals surface area contributed by atoms with Crippen molar-refractivity contribution in [2.45, 2.75) is 13.1 Å². The van der Waals surface area contributed by atoms with E-state index >= 15 is 0 Å². The summed E-state index contributed by atoms with van der Waals surface area (Å²) in [6.45, 7) is 3.24. The number of hydrogen-bond donors (Lipinski definition) is 2. The van der Waals surface area contributed by atoms with Gasteiger partial charge in [-0.1, -0.05) is 0 Å². The van der Waals surface area contributed by atoms with E-state index in [9.17, 15) is 22.4 Å². The van der Waals surface area contributed by atoms with Crippen LogP contribution < -0.4 is 10.2 Å². The lowest BCUT2D eigenvalue weighted by atomic mass is 10.1. The van der Waals surface area contributed by atoms with Crippen LogP contribution >= 0.6 is 0 Å². The lowest BCUT2D eigenvalue weighted by Crippen LogP contribution is -2.36. The number of nitrogens with zero attached hydrogens (tertiary/aromatic N) is 2. The Bertz CT molecular complexity index is 813. The Kier molecular flexibility index (Phi) is 4.86. The van der Waals surface area contributed by atoms with Crippen molar-refractivity contribution >= 4 is 17.3 Å². The van der Waals surface area contributed by atoms with Gasteiger partial charge in [-0.25, -0.2) is 4.39 Å². The Labute approximate surface area is 146 Å². The van der Waals surface area contributed by atoms with Gasteiger partial charge in [0.2, 0.25) is 0 Å². The molecule has 10 heteroatoms. The Morgan fingerprint density at radius 3 is 2.62 bits per heavy atom. The molecule has 0 spiro atoms. The Balaban J connectivity index is 1.85. The van der Waals surface area contributed by atoms with Gasteiger partial charge in [0, 0.05) is 30.2 Å². The first-order chi connectivity index (χ1) is 12.3. The molecule has 6 nitrogen and oxygen atoms in total. The summed E-state index contributed by atoms with van der Waals surface area (Å²) in [5.41, 5.74) is -1.63. The number of rotatable bonds is 3. The molecule has 2 aromatic rings. The third-order valence-corrected chi connectivity index (χ3v) is 3.96. The fourth-order valence-electron chi connectivity index (χ4n) is 2.78. The van der Waals surface area contributed by atoms with E-state index in [2.05, 4.69) is 15.5 Å². The molecule has 1 fully saturated rings. The standard InChI is InChI=1S/C16H16F4N4O2/c1-9-13(16(18,19)20)14(23-22-9)15(25)21-11-6-10(17)7-12(8-11)24-2-4-26-5-3-24/h6-8H,2-5H2,1H3,(H,21,25)(H,22,23). The van der Waals surface area contributed by atoms with Gasteiger partial charge in [-0.15, -0.1) is 0 Å². The third-order valence-electron chi connectivity index (χ3n) is 3.96. The van der Waals surface area contributed by atoms with Gasteiger partial charge < -0.3 is 15.0 Å². The van der Waals surface area contributed by atoms with Crippen molar-refractivity contribution in [3.8, 4) is 0 Å². The number of aryl methyl sites for hydroxylation is 1. The zero-order chi connectivity index (χ0) is 18.9. The van der Waals surface area contributed by atoms with Crippen molar-refractivity contribution in [3.05, 3.63) is 41.0 Å². The van der Waals surface area contributed by atoms with Crippen LogP contribution in [-0.4, -0.2) is 42.4 Å². The molecule has 1 aliphatic rings. The number of nitrogens with one attached hydrogen (secondary N) is 2. The molecule has 140 valence electrons. The summed E-state index contributed by atoms with van der Waals surface area (Å²) in [5.74, 6) is -1.68. The van der Waals surface area contributed by atoms with Gasteiger partial charge in [0.25, 0.3) is 5.91 Å². The average Bonchev–Trinajstić information content (AvgIpc) is 2.97. The van der Waals surface area contributed by atoms with Crippen LogP contribution in [0.5, 0.6) is 0 Å². The van der Waals surface area contributed by atoms with Gasteiger partial charge in [-0.05, 0) is 25.1 Å². The minimum atomic E-state index is -4.73. The molecule has 1 aromatic carbocycles. The van der Waals surface area contributed by atoms with Crippen molar-refractivity contribution in [1.82, 2.24) is 10.2 Å². The molecule has 2 heterocycles. The van der Waals surface area contributed by atoms with Gasteiger partial charge in [0.05, 0.1) is 13.2 Å². The van der Waals surface area contributed by atoms with Crippen LogP contribution in [0.4, 0.5) is 28.9 Å². The number of benzene rings is 1. The number of H-pyrrole nitrogens is 1.